The normalized spacial score (nSPS) is 26.6. The van der Waals surface area contributed by atoms with E-state index in [0.29, 0.717) is 5.41 Å². The first-order valence-corrected chi connectivity index (χ1v) is 8.50. The fourth-order valence-electron chi connectivity index (χ4n) is 3.60. The smallest absolute Gasteiger partial charge is 0.0408 e. The van der Waals surface area contributed by atoms with Crippen LogP contribution in [-0.2, 0) is 6.42 Å². The molecule has 0 bridgehead atoms. The number of nitrogens with two attached hydrogens (primary N) is 1. The molecule has 0 aliphatic heterocycles. The van der Waals surface area contributed by atoms with Gasteiger partial charge in [-0.25, -0.2) is 0 Å². The van der Waals surface area contributed by atoms with Crippen molar-refractivity contribution < 1.29 is 0 Å². The Balaban J connectivity index is 1.94. The molecule has 0 amide bonds. The molecule has 2 heteroatoms. The highest BCUT2D eigenvalue weighted by atomic mass is 35.5. The van der Waals surface area contributed by atoms with E-state index < -0.39 is 0 Å². The second kappa shape index (κ2) is 7.47. The lowest BCUT2D eigenvalue weighted by molar-refractivity contribution is 0.150. The first kappa shape index (κ1) is 15.9. The van der Waals surface area contributed by atoms with Gasteiger partial charge < -0.3 is 5.73 Å². The lowest BCUT2D eigenvalue weighted by Crippen LogP contribution is -2.36. The molecule has 0 saturated heterocycles. The second-order valence-corrected chi connectivity index (χ2v) is 7.03. The zero-order valence-corrected chi connectivity index (χ0v) is 13.5. The van der Waals surface area contributed by atoms with Gasteiger partial charge in [0.15, 0.2) is 0 Å². The van der Waals surface area contributed by atoms with Crippen molar-refractivity contribution in [3.05, 3.63) is 34.9 Å². The Labute approximate surface area is 128 Å². The maximum Gasteiger partial charge on any atom is 0.0408 e. The van der Waals surface area contributed by atoms with Crippen LogP contribution in [0.25, 0.3) is 0 Å². The van der Waals surface area contributed by atoms with Crippen molar-refractivity contribution in [3.8, 4) is 0 Å². The quantitative estimate of drug-likeness (QED) is 0.765. The van der Waals surface area contributed by atoms with Crippen LogP contribution in [0.1, 0.15) is 57.4 Å². The molecule has 0 heterocycles. The van der Waals surface area contributed by atoms with Gasteiger partial charge in [0.1, 0.15) is 0 Å². The molecule has 0 unspecified atom stereocenters. The third-order valence-electron chi connectivity index (χ3n) is 5.03. The van der Waals surface area contributed by atoms with Crippen molar-refractivity contribution in [2.45, 2.75) is 58.3 Å². The molecule has 1 aromatic carbocycles. The van der Waals surface area contributed by atoms with E-state index in [-0.39, 0.29) is 0 Å². The van der Waals surface area contributed by atoms with Crippen molar-refractivity contribution in [2.75, 3.05) is 6.54 Å². The Morgan fingerprint density at radius 2 is 2.05 bits per heavy atom. The molecule has 1 nitrogen and oxygen atoms in total. The summed E-state index contributed by atoms with van der Waals surface area (Å²) in [5.74, 6) is 0.939. The Kier molecular flexibility index (Phi) is 5.92. The van der Waals surface area contributed by atoms with Crippen molar-refractivity contribution in [1.82, 2.24) is 0 Å². The molecule has 0 spiro atoms. The minimum atomic E-state index is 0.313. The maximum absolute atomic E-state index is 6.14. The number of benzene rings is 1. The summed E-state index contributed by atoms with van der Waals surface area (Å²) >= 11 is 6.10. The largest absolute Gasteiger partial charge is 0.330 e. The number of rotatable bonds is 6. The van der Waals surface area contributed by atoms with E-state index in [1.807, 2.05) is 6.07 Å². The molecule has 20 heavy (non-hydrogen) atoms. The summed E-state index contributed by atoms with van der Waals surface area (Å²) < 4.78 is 0. The van der Waals surface area contributed by atoms with E-state index in [1.54, 1.807) is 0 Å². The van der Waals surface area contributed by atoms with Crippen LogP contribution in [0.4, 0.5) is 0 Å². The molecule has 2 rings (SSSR count). The van der Waals surface area contributed by atoms with E-state index in [4.69, 9.17) is 17.3 Å². The van der Waals surface area contributed by atoms with E-state index in [1.165, 1.54) is 50.5 Å². The lowest BCUT2D eigenvalue weighted by Gasteiger charge is -2.40. The van der Waals surface area contributed by atoms with Crippen LogP contribution < -0.4 is 5.73 Å². The van der Waals surface area contributed by atoms with Crippen LogP contribution in [-0.4, -0.2) is 6.54 Å². The predicted octanol–water partition coefficient (Wildman–Crippen LogP) is 5.21. The van der Waals surface area contributed by atoms with Crippen LogP contribution in [0.5, 0.6) is 0 Å². The molecule has 0 aromatic heterocycles. The molecule has 0 radical (unpaired) electrons. The molecule has 1 aromatic rings. The second-order valence-electron chi connectivity index (χ2n) is 6.60. The zero-order chi connectivity index (χ0) is 14.4. The molecule has 1 aliphatic carbocycles. The molecular weight excluding hydrogens is 266 g/mol. The summed E-state index contributed by atoms with van der Waals surface area (Å²) in [6, 6.07) is 8.28. The molecule has 1 fully saturated rings. The Hall–Kier alpha value is -0.530. The van der Waals surface area contributed by atoms with Gasteiger partial charge in [-0.2, -0.15) is 0 Å². The summed E-state index contributed by atoms with van der Waals surface area (Å²) in [5, 5.41) is 0.839. The predicted molar refractivity (Wildman–Crippen MR) is 88.1 cm³/mol. The van der Waals surface area contributed by atoms with E-state index in [0.717, 1.165) is 23.9 Å². The van der Waals surface area contributed by atoms with Gasteiger partial charge in [-0.05, 0) is 67.7 Å². The van der Waals surface area contributed by atoms with Crippen LogP contribution in [0.2, 0.25) is 5.02 Å². The minimum Gasteiger partial charge on any atom is -0.330 e. The van der Waals surface area contributed by atoms with Gasteiger partial charge in [-0.15, -0.1) is 0 Å². The standard InChI is InChI=1S/C18H28ClN/c1-2-3-5-15-8-10-18(14-20,11-9-15)13-16-6-4-7-17(19)12-16/h4,6-7,12,15H,2-3,5,8-11,13-14,20H2,1H3. The van der Waals surface area contributed by atoms with Gasteiger partial charge in [0.2, 0.25) is 0 Å². The van der Waals surface area contributed by atoms with Crippen LogP contribution in [0.3, 0.4) is 0 Å². The number of unbranched alkanes of at least 4 members (excludes halogenated alkanes) is 1. The van der Waals surface area contributed by atoms with Crippen LogP contribution in [0.15, 0.2) is 24.3 Å². The van der Waals surface area contributed by atoms with Crippen LogP contribution >= 0.6 is 11.6 Å². The fraction of sp³-hybridized carbons (Fsp3) is 0.667. The van der Waals surface area contributed by atoms with E-state index >= 15 is 0 Å². The lowest BCUT2D eigenvalue weighted by atomic mass is 9.67. The third-order valence-corrected chi connectivity index (χ3v) is 5.27. The highest BCUT2D eigenvalue weighted by molar-refractivity contribution is 6.30. The fourth-order valence-corrected chi connectivity index (χ4v) is 3.82. The average molecular weight is 294 g/mol. The van der Waals surface area contributed by atoms with E-state index in [2.05, 4.69) is 25.1 Å². The summed E-state index contributed by atoms with van der Waals surface area (Å²) in [5.41, 5.74) is 7.79. The first-order valence-electron chi connectivity index (χ1n) is 8.12. The SMILES string of the molecule is CCCCC1CCC(CN)(Cc2cccc(Cl)c2)CC1. The van der Waals surface area contributed by atoms with Gasteiger partial charge in [-0.3, -0.25) is 0 Å². The molecule has 112 valence electrons. The molecule has 1 aliphatic rings. The van der Waals surface area contributed by atoms with Crippen molar-refractivity contribution >= 4 is 11.6 Å². The van der Waals surface area contributed by atoms with E-state index in [9.17, 15) is 0 Å². The van der Waals surface area contributed by atoms with Gasteiger partial charge >= 0.3 is 0 Å². The number of halogens is 1. The molecule has 0 atom stereocenters. The Bertz CT molecular complexity index is 408. The monoisotopic (exact) mass is 293 g/mol. The third kappa shape index (κ3) is 4.23. The van der Waals surface area contributed by atoms with Gasteiger partial charge in [0.25, 0.3) is 0 Å². The summed E-state index contributed by atoms with van der Waals surface area (Å²) in [4.78, 5) is 0. The first-order chi connectivity index (χ1) is 9.67. The molecule has 1 saturated carbocycles. The topological polar surface area (TPSA) is 26.0 Å². The van der Waals surface area contributed by atoms with Gasteiger partial charge in [0.05, 0.1) is 0 Å². The zero-order valence-electron chi connectivity index (χ0n) is 12.7. The molecule has 2 N–H and O–H groups in total. The number of hydrogen-bond acceptors (Lipinski definition) is 1. The van der Waals surface area contributed by atoms with Gasteiger partial charge in [-0.1, -0.05) is 49.9 Å². The minimum absolute atomic E-state index is 0.313. The summed E-state index contributed by atoms with van der Waals surface area (Å²) in [6.45, 7) is 3.09. The molecular formula is C18H28ClN. The highest BCUT2D eigenvalue weighted by Crippen LogP contribution is 2.42. The Morgan fingerprint density at radius 3 is 2.65 bits per heavy atom. The van der Waals surface area contributed by atoms with Gasteiger partial charge in [0, 0.05) is 5.02 Å². The van der Waals surface area contributed by atoms with Crippen LogP contribution in [0, 0.1) is 11.3 Å². The highest BCUT2D eigenvalue weighted by Gasteiger charge is 2.34. The maximum atomic E-state index is 6.14. The Morgan fingerprint density at radius 1 is 1.30 bits per heavy atom. The average Bonchev–Trinajstić information content (AvgIpc) is 2.47. The van der Waals surface area contributed by atoms with Crippen molar-refractivity contribution in [2.24, 2.45) is 17.1 Å². The number of hydrogen-bond donors (Lipinski definition) is 1. The van der Waals surface area contributed by atoms with Crippen molar-refractivity contribution in [1.29, 1.82) is 0 Å². The summed E-state index contributed by atoms with van der Waals surface area (Å²) in [6.07, 6.45) is 10.5. The summed E-state index contributed by atoms with van der Waals surface area (Å²) in [7, 11) is 0. The van der Waals surface area contributed by atoms with Crippen molar-refractivity contribution in [3.63, 3.8) is 0 Å².